The number of alkyl halides is 6. The van der Waals surface area contributed by atoms with E-state index in [-0.39, 0.29) is 29.4 Å². The van der Waals surface area contributed by atoms with Crippen LogP contribution in [-0.4, -0.2) is 30.6 Å². The highest BCUT2D eigenvalue weighted by Crippen LogP contribution is 2.38. The zero-order valence-electron chi connectivity index (χ0n) is 18.2. The van der Waals surface area contributed by atoms with E-state index in [1.165, 1.54) is 0 Å². The SMILES string of the molecule is CC(C)[C@@H](CN1CCCCC1)Nc1c(Nc2cc(C(F)(F)F)cc(C(F)(F)F)c2)c(=O)c1=O. The molecule has 2 aromatic carbocycles. The maximum Gasteiger partial charge on any atom is 0.416 e. The minimum atomic E-state index is -5.02. The van der Waals surface area contributed by atoms with E-state index >= 15 is 0 Å². The third kappa shape index (κ3) is 5.87. The zero-order chi connectivity index (χ0) is 24.6. The van der Waals surface area contributed by atoms with E-state index in [4.69, 9.17) is 0 Å². The van der Waals surface area contributed by atoms with Gasteiger partial charge in [-0.2, -0.15) is 26.3 Å². The van der Waals surface area contributed by atoms with Gasteiger partial charge in [0.05, 0.1) is 11.1 Å². The highest BCUT2D eigenvalue weighted by molar-refractivity contribution is 5.79. The Morgan fingerprint density at radius 3 is 1.85 bits per heavy atom. The predicted octanol–water partition coefficient (Wildman–Crippen LogP) is 4.99. The summed E-state index contributed by atoms with van der Waals surface area (Å²) < 4.78 is 78.7. The van der Waals surface area contributed by atoms with E-state index in [0.29, 0.717) is 18.7 Å². The smallest absolute Gasteiger partial charge is 0.376 e. The summed E-state index contributed by atoms with van der Waals surface area (Å²) in [4.78, 5) is 26.5. The fourth-order valence-corrected chi connectivity index (χ4v) is 3.85. The van der Waals surface area contributed by atoms with Gasteiger partial charge in [0, 0.05) is 18.3 Å². The topological polar surface area (TPSA) is 61.4 Å². The zero-order valence-corrected chi connectivity index (χ0v) is 18.2. The number of nitrogens with zero attached hydrogens (tertiary/aromatic N) is 1. The second-order valence-corrected chi connectivity index (χ2v) is 8.68. The molecule has 3 rings (SSSR count). The van der Waals surface area contributed by atoms with Crippen LogP contribution < -0.4 is 21.5 Å². The van der Waals surface area contributed by atoms with E-state index < -0.39 is 40.0 Å². The van der Waals surface area contributed by atoms with Crippen molar-refractivity contribution in [1.29, 1.82) is 0 Å². The van der Waals surface area contributed by atoms with Crippen LogP contribution in [-0.2, 0) is 12.4 Å². The predicted molar refractivity (Wildman–Crippen MR) is 114 cm³/mol. The monoisotopic (exact) mass is 477 g/mol. The maximum atomic E-state index is 13.1. The lowest BCUT2D eigenvalue weighted by molar-refractivity contribution is -0.143. The summed E-state index contributed by atoms with van der Waals surface area (Å²) in [6.07, 6.45) is -6.81. The number of hydrogen-bond donors (Lipinski definition) is 2. The number of benzene rings is 1. The number of nitrogens with one attached hydrogen (secondary N) is 2. The fraction of sp³-hybridized carbons (Fsp3) is 0.545. The van der Waals surface area contributed by atoms with Crippen LogP contribution in [0.2, 0.25) is 0 Å². The Hall–Kier alpha value is -2.56. The molecule has 0 spiro atoms. The molecule has 0 aliphatic carbocycles. The lowest BCUT2D eigenvalue weighted by Crippen LogP contribution is -2.46. The summed E-state index contributed by atoms with van der Waals surface area (Å²) in [5.41, 5.74) is -5.92. The van der Waals surface area contributed by atoms with E-state index in [2.05, 4.69) is 15.5 Å². The molecule has 11 heteroatoms. The van der Waals surface area contributed by atoms with Gasteiger partial charge in [-0.05, 0) is 50.0 Å². The van der Waals surface area contributed by atoms with Crippen LogP contribution in [0.15, 0.2) is 27.8 Å². The number of piperidine rings is 1. The van der Waals surface area contributed by atoms with Gasteiger partial charge in [0.25, 0.3) is 10.9 Å². The van der Waals surface area contributed by atoms with Gasteiger partial charge in [-0.1, -0.05) is 20.3 Å². The van der Waals surface area contributed by atoms with Crippen molar-refractivity contribution in [3.8, 4) is 0 Å². The van der Waals surface area contributed by atoms with E-state index in [1.54, 1.807) is 0 Å². The Kier molecular flexibility index (Phi) is 7.11. The van der Waals surface area contributed by atoms with Crippen molar-refractivity contribution in [1.82, 2.24) is 4.90 Å². The molecule has 1 aliphatic rings. The van der Waals surface area contributed by atoms with Gasteiger partial charge in [-0.25, -0.2) is 0 Å². The standard InChI is InChI=1S/C22H25F6N3O2/c1-12(2)16(11-31-6-4-3-5-7-31)30-18-17(19(32)20(18)33)29-15-9-13(21(23,24)25)8-14(10-15)22(26,27)28/h8-10,12,16,29-30H,3-7,11H2,1-2H3/t16-/m1/s1. The molecule has 0 saturated carbocycles. The summed E-state index contributed by atoms with van der Waals surface area (Å²) in [5, 5.41) is 5.32. The van der Waals surface area contributed by atoms with Crippen molar-refractivity contribution >= 4 is 17.1 Å². The Morgan fingerprint density at radius 2 is 1.36 bits per heavy atom. The number of likely N-dealkylation sites (tertiary alicyclic amines) is 1. The molecule has 5 nitrogen and oxygen atoms in total. The number of rotatable bonds is 7. The van der Waals surface area contributed by atoms with Crippen molar-refractivity contribution < 1.29 is 26.3 Å². The van der Waals surface area contributed by atoms with Crippen molar-refractivity contribution in [2.75, 3.05) is 30.3 Å². The first-order chi connectivity index (χ1) is 15.3. The normalized spacial score (nSPS) is 16.9. The Labute approximate surface area is 186 Å². The minimum absolute atomic E-state index is 0.000116. The molecule has 1 atom stereocenters. The molecule has 1 heterocycles. The lowest BCUT2D eigenvalue weighted by atomic mass is 10.0. The van der Waals surface area contributed by atoms with Crippen LogP contribution in [0.5, 0.6) is 0 Å². The van der Waals surface area contributed by atoms with Crippen molar-refractivity contribution in [2.24, 2.45) is 5.92 Å². The second kappa shape index (κ2) is 9.36. The first-order valence-electron chi connectivity index (χ1n) is 10.7. The van der Waals surface area contributed by atoms with Crippen molar-refractivity contribution in [3.63, 3.8) is 0 Å². The summed E-state index contributed by atoms with van der Waals surface area (Å²) in [6.45, 7) is 6.22. The van der Waals surface area contributed by atoms with E-state index in [9.17, 15) is 35.9 Å². The molecule has 1 saturated heterocycles. The highest BCUT2D eigenvalue weighted by atomic mass is 19.4. The summed E-state index contributed by atoms with van der Waals surface area (Å²) in [5.74, 6) is 0.0505. The molecule has 2 N–H and O–H groups in total. The molecule has 0 bridgehead atoms. The van der Waals surface area contributed by atoms with Crippen LogP contribution in [0.3, 0.4) is 0 Å². The second-order valence-electron chi connectivity index (χ2n) is 8.68. The molecule has 0 aromatic heterocycles. The molecule has 2 aromatic rings. The van der Waals surface area contributed by atoms with Gasteiger partial charge in [0.1, 0.15) is 11.4 Å². The lowest BCUT2D eigenvalue weighted by Gasteiger charge is -2.33. The minimum Gasteiger partial charge on any atom is -0.376 e. The van der Waals surface area contributed by atoms with Gasteiger partial charge < -0.3 is 15.5 Å². The molecular formula is C22H25F6N3O2. The third-order valence-corrected chi connectivity index (χ3v) is 5.81. The average Bonchev–Trinajstić information content (AvgIpc) is 2.74. The summed E-state index contributed by atoms with van der Waals surface area (Å²) >= 11 is 0. The molecule has 1 aliphatic heterocycles. The van der Waals surface area contributed by atoms with Crippen LogP contribution >= 0.6 is 0 Å². The first kappa shape index (κ1) is 25.1. The molecule has 33 heavy (non-hydrogen) atoms. The third-order valence-electron chi connectivity index (χ3n) is 5.81. The Morgan fingerprint density at radius 1 is 0.848 bits per heavy atom. The fourth-order valence-electron chi connectivity index (χ4n) is 3.85. The Bertz CT molecular complexity index is 1020. The van der Waals surface area contributed by atoms with E-state index in [0.717, 1.165) is 32.4 Å². The molecule has 0 radical (unpaired) electrons. The number of hydrogen-bond acceptors (Lipinski definition) is 5. The van der Waals surface area contributed by atoms with Gasteiger partial charge in [-0.15, -0.1) is 0 Å². The van der Waals surface area contributed by atoms with Crippen LogP contribution in [0.25, 0.3) is 0 Å². The van der Waals surface area contributed by atoms with Crippen LogP contribution in [0.1, 0.15) is 44.2 Å². The van der Waals surface area contributed by atoms with Gasteiger partial charge in [-0.3, -0.25) is 9.59 Å². The summed E-state index contributed by atoms with van der Waals surface area (Å²) in [6, 6.07) is 0.715. The van der Waals surface area contributed by atoms with Crippen LogP contribution in [0, 0.1) is 5.92 Å². The quantitative estimate of drug-likeness (QED) is 0.435. The Balaban J connectivity index is 1.88. The molecular weight excluding hydrogens is 452 g/mol. The number of halogens is 6. The summed E-state index contributed by atoms with van der Waals surface area (Å²) in [7, 11) is 0. The molecule has 182 valence electrons. The van der Waals surface area contributed by atoms with Gasteiger partial charge >= 0.3 is 12.4 Å². The first-order valence-corrected chi connectivity index (χ1v) is 10.7. The van der Waals surface area contributed by atoms with Crippen molar-refractivity contribution in [3.05, 3.63) is 49.8 Å². The van der Waals surface area contributed by atoms with Crippen molar-refractivity contribution in [2.45, 2.75) is 51.5 Å². The maximum absolute atomic E-state index is 13.1. The molecule has 0 amide bonds. The molecule has 0 unspecified atom stereocenters. The average molecular weight is 477 g/mol. The van der Waals surface area contributed by atoms with E-state index in [1.807, 2.05) is 13.8 Å². The van der Waals surface area contributed by atoms with Crippen LogP contribution in [0.4, 0.5) is 43.4 Å². The highest BCUT2D eigenvalue weighted by Gasteiger charge is 2.37. The largest absolute Gasteiger partial charge is 0.416 e. The van der Waals surface area contributed by atoms with Gasteiger partial charge in [0.2, 0.25) is 0 Å². The number of anilines is 3. The molecule has 1 fully saturated rings. The van der Waals surface area contributed by atoms with Gasteiger partial charge in [0.15, 0.2) is 0 Å².